The molecule has 1 fully saturated rings. The molecule has 0 radical (unpaired) electrons. The molecule has 6 heteroatoms. The molecule has 0 aromatic carbocycles. The predicted octanol–water partition coefficient (Wildman–Crippen LogP) is -0.849. The number of anilines is 1. The number of H-pyrrole nitrogens is 1. The van der Waals surface area contributed by atoms with Crippen molar-refractivity contribution in [2.24, 2.45) is 5.73 Å². The molecule has 0 saturated carbocycles. The summed E-state index contributed by atoms with van der Waals surface area (Å²) in [6, 6.07) is 0.151. The van der Waals surface area contributed by atoms with Gasteiger partial charge in [-0.05, 0) is 13.3 Å². The van der Waals surface area contributed by atoms with Gasteiger partial charge >= 0.3 is 0 Å². The van der Waals surface area contributed by atoms with Gasteiger partial charge < -0.3 is 15.7 Å². The number of nitrogens with two attached hydrogens (primary N) is 1. The van der Waals surface area contributed by atoms with Crippen molar-refractivity contribution in [2.75, 3.05) is 24.6 Å². The summed E-state index contributed by atoms with van der Waals surface area (Å²) >= 11 is 0. The summed E-state index contributed by atoms with van der Waals surface area (Å²) in [6.07, 6.45) is 1.26. The van der Waals surface area contributed by atoms with Gasteiger partial charge in [0.05, 0.1) is 5.69 Å². The predicted molar refractivity (Wildman–Crippen MR) is 65.2 cm³/mol. The molecule has 1 atom stereocenters. The Bertz CT molecular complexity index is 457. The normalized spacial score (nSPS) is 19.9. The van der Waals surface area contributed by atoms with Gasteiger partial charge in [0.1, 0.15) is 0 Å². The van der Waals surface area contributed by atoms with Crippen LogP contribution in [0.2, 0.25) is 0 Å². The minimum absolute atomic E-state index is 0.0421. The van der Waals surface area contributed by atoms with Crippen LogP contribution in [0.3, 0.4) is 0 Å². The molecule has 1 saturated heterocycles. The maximum atomic E-state index is 11.8. The first kappa shape index (κ1) is 12.1. The van der Waals surface area contributed by atoms with E-state index >= 15 is 0 Å². The molecule has 17 heavy (non-hydrogen) atoms. The fourth-order valence-corrected chi connectivity index (χ4v) is 2.13. The standard InChI is InChI=1S/C11H18N4O2/c1-7-9(3-5-16)10(17)14-11(13-7)15-4-2-8(12)6-15/h8,16H,2-6,12H2,1H3,(H,13,14,17). The molecule has 94 valence electrons. The fraction of sp³-hybridized carbons (Fsp3) is 0.636. The Balaban J connectivity index is 2.29. The number of rotatable bonds is 3. The van der Waals surface area contributed by atoms with Crippen LogP contribution in [0.15, 0.2) is 4.79 Å². The Labute approximate surface area is 99.5 Å². The van der Waals surface area contributed by atoms with Crippen molar-refractivity contribution in [3.63, 3.8) is 0 Å². The van der Waals surface area contributed by atoms with E-state index in [9.17, 15) is 4.79 Å². The number of aliphatic hydroxyl groups is 1. The second-order valence-corrected chi connectivity index (χ2v) is 4.42. The molecular weight excluding hydrogens is 220 g/mol. The van der Waals surface area contributed by atoms with E-state index < -0.39 is 0 Å². The van der Waals surface area contributed by atoms with Crippen LogP contribution in [0.5, 0.6) is 0 Å². The van der Waals surface area contributed by atoms with Crippen LogP contribution in [0.25, 0.3) is 0 Å². The highest BCUT2D eigenvalue weighted by Crippen LogP contribution is 2.14. The number of aryl methyl sites for hydroxylation is 1. The molecule has 1 unspecified atom stereocenters. The zero-order chi connectivity index (χ0) is 12.4. The van der Waals surface area contributed by atoms with Gasteiger partial charge in [-0.1, -0.05) is 0 Å². The van der Waals surface area contributed by atoms with Gasteiger partial charge in [0.2, 0.25) is 5.95 Å². The molecule has 4 N–H and O–H groups in total. The zero-order valence-corrected chi connectivity index (χ0v) is 9.94. The van der Waals surface area contributed by atoms with Crippen molar-refractivity contribution in [3.8, 4) is 0 Å². The molecule has 6 nitrogen and oxygen atoms in total. The van der Waals surface area contributed by atoms with Crippen molar-refractivity contribution in [2.45, 2.75) is 25.8 Å². The summed E-state index contributed by atoms with van der Waals surface area (Å²) < 4.78 is 0. The van der Waals surface area contributed by atoms with E-state index in [1.165, 1.54) is 0 Å². The lowest BCUT2D eigenvalue weighted by atomic mass is 10.2. The number of aromatic amines is 1. The van der Waals surface area contributed by atoms with Crippen molar-refractivity contribution in [1.82, 2.24) is 9.97 Å². The van der Waals surface area contributed by atoms with Crippen LogP contribution in [0.4, 0.5) is 5.95 Å². The monoisotopic (exact) mass is 238 g/mol. The minimum Gasteiger partial charge on any atom is -0.396 e. The highest BCUT2D eigenvalue weighted by Gasteiger charge is 2.21. The van der Waals surface area contributed by atoms with E-state index in [-0.39, 0.29) is 18.2 Å². The number of hydrogen-bond acceptors (Lipinski definition) is 5. The minimum atomic E-state index is -0.165. The quantitative estimate of drug-likeness (QED) is 0.637. The van der Waals surface area contributed by atoms with Crippen LogP contribution in [-0.4, -0.2) is 40.8 Å². The average molecular weight is 238 g/mol. The summed E-state index contributed by atoms with van der Waals surface area (Å²) in [5.41, 5.74) is 6.89. The smallest absolute Gasteiger partial charge is 0.255 e. The molecule has 2 heterocycles. The molecule has 1 aromatic rings. The van der Waals surface area contributed by atoms with E-state index in [2.05, 4.69) is 9.97 Å². The molecular formula is C11H18N4O2. The van der Waals surface area contributed by atoms with Gasteiger partial charge in [0.15, 0.2) is 0 Å². The molecule has 2 rings (SSSR count). The summed E-state index contributed by atoms with van der Waals surface area (Å²) in [4.78, 5) is 20.9. The Morgan fingerprint density at radius 1 is 1.65 bits per heavy atom. The number of aliphatic hydroxyl groups excluding tert-OH is 1. The van der Waals surface area contributed by atoms with Gasteiger partial charge in [-0.3, -0.25) is 9.78 Å². The maximum absolute atomic E-state index is 11.8. The largest absolute Gasteiger partial charge is 0.396 e. The molecule has 0 spiro atoms. The lowest BCUT2D eigenvalue weighted by Crippen LogP contribution is -2.30. The lowest BCUT2D eigenvalue weighted by molar-refractivity contribution is 0.298. The number of nitrogens with one attached hydrogen (secondary N) is 1. The number of hydrogen-bond donors (Lipinski definition) is 3. The molecule has 0 amide bonds. The summed E-state index contributed by atoms with van der Waals surface area (Å²) in [5.74, 6) is 0.585. The molecule has 0 bridgehead atoms. The Morgan fingerprint density at radius 2 is 2.41 bits per heavy atom. The second-order valence-electron chi connectivity index (χ2n) is 4.42. The van der Waals surface area contributed by atoms with Crippen LogP contribution in [-0.2, 0) is 6.42 Å². The van der Waals surface area contributed by atoms with Gasteiger partial charge in [0.25, 0.3) is 5.56 Å². The van der Waals surface area contributed by atoms with Crippen LogP contribution in [0.1, 0.15) is 17.7 Å². The molecule has 1 aromatic heterocycles. The topological polar surface area (TPSA) is 95.2 Å². The van der Waals surface area contributed by atoms with E-state index in [0.717, 1.165) is 19.5 Å². The van der Waals surface area contributed by atoms with Gasteiger partial charge in [-0.15, -0.1) is 0 Å². The van der Waals surface area contributed by atoms with Gasteiger partial charge in [-0.2, -0.15) is 0 Å². The number of aromatic nitrogens is 2. The van der Waals surface area contributed by atoms with Crippen molar-refractivity contribution < 1.29 is 5.11 Å². The third kappa shape index (κ3) is 2.48. The van der Waals surface area contributed by atoms with Crippen LogP contribution < -0.4 is 16.2 Å². The third-order valence-electron chi connectivity index (χ3n) is 3.10. The van der Waals surface area contributed by atoms with Crippen molar-refractivity contribution >= 4 is 5.95 Å². The van der Waals surface area contributed by atoms with E-state index in [1.54, 1.807) is 6.92 Å². The summed E-state index contributed by atoms with van der Waals surface area (Å²) in [6.45, 7) is 3.30. The first-order valence-corrected chi connectivity index (χ1v) is 5.83. The fourth-order valence-electron chi connectivity index (χ4n) is 2.13. The molecule has 1 aliphatic rings. The highest BCUT2D eigenvalue weighted by molar-refractivity contribution is 5.34. The highest BCUT2D eigenvalue weighted by atomic mass is 16.3. The maximum Gasteiger partial charge on any atom is 0.255 e. The van der Waals surface area contributed by atoms with Crippen molar-refractivity contribution in [1.29, 1.82) is 0 Å². The van der Waals surface area contributed by atoms with E-state index in [0.29, 0.717) is 23.6 Å². The Morgan fingerprint density at radius 3 is 2.94 bits per heavy atom. The van der Waals surface area contributed by atoms with E-state index in [1.807, 2.05) is 4.90 Å². The first-order valence-electron chi connectivity index (χ1n) is 5.83. The summed E-state index contributed by atoms with van der Waals surface area (Å²) in [5, 5.41) is 8.88. The van der Waals surface area contributed by atoms with Crippen molar-refractivity contribution in [3.05, 3.63) is 21.6 Å². The lowest BCUT2D eigenvalue weighted by Gasteiger charge is -2.17. The average Bonchev–Trinajstić information content (AvgIpc) is 2.70. The Hall–Kier alpha value is -1.40. The van der Waals surface area contributed by atoms with Gasteiger partial charge in [-0.25, -0.2) is 4.98 Å². The first-order chi connectivity index (χ1) is 8.11. The Kier molecular flexibility index (Phi) is 3.44. The zero-order valence-electron chi connectivity index (χ0n) is 9.94. The van der Waals surface area contributed by atoms with Crippen LogP contribution >= 0.6 is 0 Å². The molecule has 1 aliphatic heterocycles. The molecule has 0 aliphatic carbocycles. The van der Waals surface area contributed by atoms with Crippen LogP contribution in [0, 0.1) is 6.92 Å². The van der Waals surface area contributed by atoms with E-state index in [4.69, 9.17) is 10.8 Å². The SMILES string of the molecule is Cc1nc(N2CCC(N)C2)[nH]c(=O)c1CCO. The second kappa shape index (κ2) is 4.85. The number of nitrogens with zero attached hydrogens (tertiary/aromatic N) is 2. The third-order valence-corrected chi connectivity index (χ3v) is 3.10. The van der Waals surface area contributed by atoms with Gasteiger partial charge in [0, 0.05) is 37.7 Å². The summed E-state index contributed by atoms with van der Waals surface area (Å²) in [7, 11) is 0.